The SMILES string of the molecule is CCN(c1ccccc1)S(=O)(=O)c1ccc2c(c1)C1C=CCC1C(c1ccc3ccccc3c1)N2. The first-order valence-corrected chi connectivity index (χ1v) is 13.6. The third-order valence-electron chi connectivity index (χ3n) is 7.39. The summed E-state index contributed by atoms with van der Waals surface area (Å²) in [5, 5.41) is 6.23. The molecule has 0 saturated carbocycles. The summed E-state index contributed by atoms with van der Waals surface area (Å²) in [6.45, 7) is 2.24. The second-order valence-corrected chi connectivity index (χ2v) is 11.2. The molecule has 0 radical (unpaired) electrons. The molecule has 1 heterocycles. The highest BCUT2D eigenvalue weighted by Crippen LogP contribution is 2.50. The lowest BCUT2D eigenvalue weighted by atomic mass is 9.77. The number of para-hydroxylation sites is 1. The first kappa shape index (κ1) is 21.9. The predicted octanol–water partition coefficient (Wildman–Crippen LogP) is 6.88. The Labute approximate surface area is 207 Å². The van der Waals surface area contributed by atoms with E-state index < -0.39 is 10.0 Å². The van der Waals surface area contributed by atoms with Crippen molar-refractivity contribution in [3.05, 3.63) is 114 Å². The van der Waals surface area contributed by atoms with Crippen LogP contribution in [0.3, 0.4) is 0 Å². The van der Waals surface area contributed by atoms with Crippen molar-refractivity contribution in [3.63, 3.8) is 0 Å². The minimum Gasteiger partial charge on any atom is -0.378 e. The number of nitrogens with zero attached hydrogens (tertiary/aromatic N) is 1. The normalized spacial score (nSPS) is 20.8. The van der Waals surface area contributed by atoms with Crippen LogP contribution in [0.15, 0.2) is 108 Å². The van der Waals surface area contributed by atoms with Crippen molar-refractivity contribution < 1.29 is 8.42 Å². The van der Waals surface area contributed by atoms with Crippen LogP contribution in [0.2, 0.25) is 0 Å². The Morgan fingerprint density at radius 2 is 1.66 bits per heavy atom. The van der Waals surface area contributed by atoms with Gasteiger partial charge < -0.3 is 5.32 Å². The Morgan fingerprint density at radius 3 is 2.46 bits per heavy atom. The van der Waals surface area contributed by atoms with Crippen LogP contribution < -0.4 is 9.62 Å². The summed E-state index contributed by atoms with van der Waals surface area (Å²) in [5.41, 5.74) is 4.02. The summed E-state index contributed by atoms with van der Waals surface area (Å²) in [7, 11) is -3.67. The van der Waals surface area contributed by atoms with Gasteiger partial charge in [-0.2, -0.15) is 0 Å². The molecule has 6 rings (SSSR count). The Hall–Kier alpha value is -3.57. The molecule has 3 unspecified atom stereocenters. The maximum absolute atomic E-state index is 13.6. The van der Waals surface area contributed by atoms with Gasteiger partial charge >= 0.3 is 0 Å². The number of fused-ring (bicyclic) bond motifs is 4. The zero-order chi connectivity index (χ0) is 24.0. The van der Waals surface area contributed by atoms with Crippen molar-refractivity contribution >= 4 is 32.2 Å². The van der Waals surface area contributed by atoms with E-state index in [1.54, 1.807) is 6.07 Å². The monoisotopic (exact) mass is 480 g/mol. The average Bonchev–Trinajstić information content (AvgIpc) is 3.39. The lowest BCUT2D eigenvalue weighted by Crippen LogP contribution is -2.32. The van der Waals surface area contributed by atoms with E-state index in [2.05, 4.69) is 59.9 Å². The van der Waals surface area contributed by atoms with E-state index >= 15 is 0 Å². The van der Waals surface area contributed by atoms with E-state index in [0.29, 0.717) is 23.0 Å². The Morgan fingerprint density at radius 1 is 0.886 bits per heavy atom. The number of benzene rings is 4. The average molecular weight is 481 g/mol. The molecule has 1 aliphatic carbocycles. The van der Waals surface area contributed by atoms with E-state index in [9.17, 15) is 8.42 Å². The van der Waals surface area contributed by atoms with Crippen molar-refractivity contribution in [3.8, 4) is 0 Å². The second-order valence-electron chi connectivity index (χ2n) is 9.34. The molecule has 0 amide bonds. The molecule has 0 aromatic heterocycles. The van der Waals surface area contributed by atoms with Gasteiger partial charge in [-0.1, -0.05) is 66.7 Å². The van der Waals surface area contributed by atoms with Gasteiger partial charge in [-0.15, -0.1) is 0 Å². The zero-order valence-electron chi connectivity index (χ0n) is 19.6. The Bertz CT molecular complexity index is 1530. The first-order valence-electron chi connectivity index (χ1n) is 12.2. The number of anilines is 2. The molecule has 4 nitrogen and oxygen atoms in total. The van der Waals surface area contributed by atoms with Crippen LogP contribution in [0.25, 0.3) is 10.8 Å². The number of hydrogen-bond acceptors (Lipinski definition) is 3. The van der Waals surface area contributed by atoms with Gasteiger partial charge in [-0.3, -0.25) is 4.31 Å². The number of rotatable bonds is 5. The fourth-order valence-corrected chi connectivity index (χ4v) is 7.19. The fraction of sp³-hybridized carbons (Fsp3) is 0.200. The third kappa shape index (κ3) is 3.71. The van der Waals surface area contributed by atoms with Crippen LogP contribution in [0, 0.1) is 5.92 Å². The van der Waals surface area contributed by atoms with Crippen molar-refractivity contribution in [1.29, 1.82) is 0 Å². The molecule has 3 atom stereocenters. The highest BCUT2D eigenvalue weighted by Gasteiger charge is 2.39. The smallest absolute Gasteiger partial charge is 0.264 e. The number of hydrogen-bond donors (Lipinski definition) is 1. The Kier molecular flexibility index (Phi) is 5.37. The van der Waals surface area contributed by atoms with Gasteiger partial charge in [0.1, 0.15) is 0 Å². The summed E-state index contributed by atoms with van der Waals surface area (Å²) >= 11 is 0. The van der Waals surface area contributed by atoms with Crippen molar-refractivity contribution in [1.82, 2.24) is 0 Å². The molecular formula is C30H28N2O2S. The van der Waals surface area contributed by atoms with Gasteiger partial charge in [0.25, 0.3) is 10.0 Å². The highest BCUT2D eigenvalue weighted by molar-refractivity contribution is 7.92. The zero-order valence-corrected chi connectivity index (χ0v) is 20.4. The highest BCUT2D eigenvalue weighted by atomic mass is 32.2. The van der Waals surface area contributed by atoms with Crippen LogP contribution >= 0.6 is 0 Å². The molecule has 176 valence electrons. The first-order chi connectivity index (χ1) is 17.1. The van der Waals surface area contributed by atoms with Crippen molar-refractivity contribution in [2.45, 2.75) is 30.2 Å². The molecule has 0 fully saturated rings. The van der Waals surface area contributed by atoms with Gasteiger partial charge in [-0.25, -0.2) is 8.42 Å². The van der Waals surface area contributed by atoms with E-state index in [0.717, 1.165) is 17.7 Å². The molecule has 0 spiro atoms. The predicted molar refractivity (Wildman–Crippen MR) is 143 cm³/mol. The maximum atomic E-state index is 13.6. The number of sulfonamides is 1. The van der Waals surface area contributed by atoms with Gasteiger partial charge in [0.15, 0.2) is 0 Å². The summed E-state index contributed by atoms with van der Waals surface area (Å²) in [6, 6.07) is 30.2. The minimum atomic E-state index is -3.67. The van der Waals surface area contributed by atoms with Crippen LogP contribution in [0.5, 0.6) is 0 Å². The van der Waals surface area contributed by atoms with E-state index in [1.165, 1.54) is 20.6 Å². The van der Waals surface area contributed by atoms with E-state index in [1.807, 2.05) is 49.4 Å². The number of allylic oxidation sites excluding steroid dienone is 2. The summed E-state index contributed by atoms with van der Waals surface area (Å²) < 4.78 is 28.8. The van der Waals surface area contributed by atoms with Gasteiger partial charge in [0.2, 0.25) is 0 Å². The quantitative estimate of drug-likeness (QED) is 0.317. The van der Waals surface area contributed by atoms with Crippen LogP contribution in [-0.4, -0.2) is 15.0 Å². The third-order valence-corrected chi connectivity index (χ3v) is 9.29. The fourth-order valence-electron chi connectivity index (χ4n) is 5.68. The molecule has 0 bridgehead atoms. The second kappa shape index (κ2) is 8.58. The molecule has 5 heteroatoms. The van der Waals surface area contributed by atoms with E-state index in [-0.39, 0.29) is 12.0 Å². The van der Waals surface area contributed by atoms with Crippen LogP contribution in [0.4, 0.5) is 11.4 Å². The lowest BCUT2D eigenvalue weighted by Gasteiger charge is -2.38. The number of nitrogens with one attached hydrogen (secondary N) is 1. The largest absolute Gasteiger partial charge is 0.378 e. The summed E-state index contributed by atoms with van der Waals surface area (Å²) in [4.78, 5) is 0.340. The molecular weight excluding hydrogens is 452 g/mol. The molecule has 4 aromatic carbocycles. The lowest BCUT2D eigenvalue weighted by molar-refractivity contribution is 0.425. The summed E-state index contributed by atoms with van der Waals surface area (Å²) in [5.74, 6) is 0.530. The molecule has 4 aromatic rings. The summed E-state index contributed by atoms with van der Waals surface area (Å²) in [6.07, 6.45) is 5.46. The molecule has 35 heavy (non-hydrogen) atoms. The van der Waals surface area contributed by atoms with Crippen LogP contribution in [0.1, 0.15) is 36.4 Å². The maximum Gasteiger partial charge on any atom is 0.264 e. The van der Waals surface area contributed by atoms with Gasteiger partial charge in [0, 0.05) is 18.2 Å². The molecule has 2 aliphatic rings. The van der Waals surface area contributed by atoms with Crippen molar-refractivity contribution in [2.24, 2.45) is 5.92 Å². The van der Waals surface area contributed by atoms with Gasteiger partial charge in [-0.05, 0) is 77.6 Å². The minimum absolute atomic E-state index is 0.172. The molecule has 1 N–H and O–H groups in total. The van der Waals surface area contributed by atoms with Gasteiger partial charge in [0.05, 0.1) is 16.6 Å². The van der Waals surface area contributed by atoms with Crippen molar-refractivity contribution in [2.75, 3.05) is 16.2 Å². The van der Waals surface area contributed by atoms with Crippen LogP contribution in [-0.2, 0) is 10.0 Å². The molecule has 0 saturated heterocycles. The molecule has 1 aliphatic heterocycles. The van der Waals surface area contributed by atoms with E-state index in [4.69, 9.17) is 0 Å². The topological polar surface area (TPSA) is 49.4 Å². The standard InChI is InChI=1S/C30H28N2O2S/c1-2-32(24-11-4-3-5-12-24)35(33,34)25-17-18-29-28(20-25)26-13-8-14-27(26)30(31-29)23-16-15-21-9-6-7-10-22(21)19-23/h3-13,15-20,26-27,30-31H,2,14H2,1H3. The Balaban J connectivity index is 1.38.